The molecule has 6 nitrogen and oxygen atoms in total. The summed E-state index contributed by atoms with van der Waals surface area (Å²) in [6.45, 7) is 8.73. The van der Waals surface area contributed by atoms with Crippen molar-refractivity contribution in [3.8, 4) is 0 Å². The topological polar surface area (TPSA) is 47.1 Å². The van der Waals surface area contributed by atoms with Gasteiger partial charge in [0.15, 0.2) is 0 Å². The van der Waals surface area contributed by atoms with E-state index < -0.39 is 0 Å². The highest BCUT2D eigenvalue weighted by Crippen LogP contribution is 2.23. The van der Waals surface area contributed by atoms with E-state index >= 15 is 0 Å². The van der Waals surface area contributed by atoms with Crippen LogP contribution in [-0.4, -0.2) is 85.4 Å². The van der Waals surface area contributed by atoms with Gasteiger partial charge in [-0.2, -0.15) is 0 Å². The third-order valence-electron chi connectivity index (χ3n) is 5.69. The monoisotopic (exact) mass is 372 g/mol. The molecular weight excluding hydrogens is 340 g/mol. The molecule has 0 radical (unpaired) electrons. The molecule has 0 N–H and O–H groups in total. The van der Waals surface area contributed by atoms with Gasteiger partial charge >= 0.3 is 0 Å². The lowest BCUT2D eigenvalue weighted by Gasteiger charge is -2.44. The van der Waals surface area contributed by atoms with Crippen LogP contribution in [0.2, 0.25) is 0 Å². The number of rotatable bonds is 5. The molecule has 2 fully saturated rings. The molecule has 2 unspecified atom stereocenters. The molecule has 27 heavy (non-hydrogen) atoms. The number of nitrogens with zero attached hydrogens (tertiary/aromatic N) is 4. The summed E-state index contributed by atoms with van der Waals surface area (Å²) in [6, 6.07) is 8.21. The van der Waals surface area contributed by atoms with Crippen LogP contribution in [0.15, 0.2) is 24.3 Å². The van der Waals surface area contributed by atoms with Crippen LogP contribution in [0.4, 0.5) is 5.69 Å². The van der Waals surface area contributed by atoms with Gasteiger partial charge in [-0.3, -0.25) is 14.5 Å². The minimum Gasteiger partial charge on any atom is -0.336 e. The minimum absolute atomic E-state index is 0.0836. The average Bonchev–Trinajstić information content (AvgIpc) is 3.06. The van der Waals surface area contributed by atoms with E-state index in [9.17, 15) is 9.59 Å². The van der Waals surface area contributed by atoms with Gasteiger partial charge in [0.05, 0.1) is 0 Å². The number of carbonyl (C=O) groups is 2. The predicted octanol–water partition coefficient (Wildman–Crippen LogP) is 1.91. The Morgan fingerprint density at radius 3 is 2.26 bits per heavy atom. The average molecular weight is 373 g/mol. The van der Waals surface area contributed by atoms with Crippen molar-refractivity contribution in [2.45, 2.75) is 38.8 Å². The van der Waals surface area contributed by atoms with Gasteiger partial charge in [0.2, 0.25) is 5.91 Å². The van der Waals surface area contributed by atoms with Crippen LogP contribution in [0.3, 0.4) is 0 Å². The summed E-state index contributed by atoms with van der Waals surface area (Å²) in [4.78, 5) is 33.3. The lowest BCUT2D eigenvalue weighted by atomic mass is 10.1. The highest BCUT2D eigenvalue weighted by molar-refractivity contribution is 5.97. The molecule has 2 heterocycles. The standard InChI is InChI=1S/C21H32N4O2/c1-16-14-23(15-17(2)24(16)13-12-22(3)4)21(27)18-7-9-19(10-8-18)25-11-5-6-20(25)26/h7-10,16-17H,5-6,11-15H2,1-4H3. The first-order chi connectivity index (χ1) is 12.9. The largest absolute Gasteiger partial charge is 0.336 e. The van der Waals surface area contributed by atoms with Gasteiger partial charge in [-0.1, -0.05) is 0 Å². The highest BCUT2D eigenvalue weighted by Gasteiger charge is 2.32. The minimum atomic E-state index is 0.0836. The molecule has 2 saturated heterocycles. The Kier molecular flexibility index (Phi) is 6.17. The second-order valence-corrected chi connectivity index (χ2v) is 8.15. The van der Waals surface area contributed by atoms with Crippen LogP contribution < -0.4 is 4.90 Å². The fourth-order valence-corrected chi connectivity index (χ4v) is 4.17. The van der Waals surface area contributed by atoms with Gasteiger partial charge in [0, 0.05) is 62.5 Å². The van der Waals surface area contributed by atoms with Crippen molar-refractivity contribution in [1.29, 1.82) is 0 Å². The van der Waals surface area contributed by atoms with Crippen LogP contribution in [-0.2, 0) is 4.79 Å². The van der Waals surface area contributed by atoms with E-state index in [1.54, 1.807) is 0 Å². The molecule has 2 aliphatic rings. The maximum Gasteiger partial charge on any atom is 0.253 e. The van der Waals surface area contributed by atoms with Crippen molar-refractivity contribution in [3.63, 3.8) is 0 Å². The SMILES string of the molecule is CC1CN(C(=O)c2ccc(N3CCCC3=O)cc2)CC(C)N1CCN(C)C. The quantitative estimate of drug-likeness (QED) is 0.792. The van der Waals surface area contributed by atoms with Crippen molar-refractivity contribution in [2.75, 3.05) is 51.7 Å². The number of anilines is 1. The number of likely N-dealkylation sites (N-methyl/N-ethyl adjacent to an activating group) is 1. The number of piperazine rings is 1. The Hall–Kier alpha value is -1.92. The summed E-state index contributed by atoms with van der Waals surface area (Å²) < 4.78 is 0. The Balaban J connectivity index is 1.63. The number of hydrogen-bond acceptors (Lipinski definition) is 4. The summed E-state index contributed by atoms with van der Waals surface area (Å²) >= 11 is 0. The molecule has 3 rings (SSSR count). The Bertz CT molecular complexity index is 661. The van der Waals surface area contributed by atoms with Gasteiger partial charge < -0.3 is 14.7 Å². The normalized spacial score (nSPS) is 24.1. The molecule has 1 aromatic rings. The molecular formula is C21H32N4O2. The molecule has 2 atom stereocenters. The van der Waals surface area contributed by atoms with Crippen molar-refractivity contribution >= 4 is 17.5 Å². The van der Waals surface area contributed by atoms with Crippen molar-refractivity contribution in [1.82, 2.24) is 14.7 Å². The first-order valence-corrected chi connectivity index (χ1v) is 9.97. The molecule has 0 aliphatic carbocycles. The van der Waals surface area contributed by atoms with E-state index in [1.165, 1.54) is 0 Å². The van der Waals surface area contributed by atoms with Crippen LogP contribution in [0.1, 0.15) is 37.0 Å². The number of carbonyl (C=O) groups excluding carboxylic acids is 2. The summed E-state index contributed by atoms with van der Waals surface area (Å²) in [5.41, 5.74) is 1.59. The van der Waals surface area contributed by atoms with E-state index in [-0.39, 0.29) is 11.8 Å². The summed E-state index contributed by atoms with van der Waals surface area (Å²) in [7, 11) is 4.18. The molecule has 2 amide bonds. The van der Waals surface area contributed by atoms with Gasteiger partial charge in [0.25, 0.3) is 5.91 Å². The molecule has 0 bridgehead atoms. The van der Waals surface area contributed by atoms with E-state index in [1.807, 2.05) is 34.1 Å². The van der Waals surface area contributed by atoms with E-state index in [2.05, 4.69) is 37.7 Å². The maximum atomic E-state index is 13.0. The van der Waals surface area contributed by atoms with Crippen LogP contribution in [0, 0.1) is 0 Å². The first kappa shape index (κ1) is 19.8. The van der Waals surface area contributed by atoms with Gasteiger partial charge in [-0.15, -0.1) is 0 Å². The Morgan fingerprint density at radius 2 is 1.74 bits per heavy atom. The van der Waals surface area contributed by atoms with E-state index in [0.29, 0.717) is 24.1 Å². The zero-order chi connectivity index (χ0) is 19.6. The van der Waals surface area contributed by atoms with Crippen LogP contribution >= 0.6 is 0 Å². The van der Waals surface area contributed by atoms with E-state index in [4.69, 9.17) is 0 Å². The summed E-state index contributed by atoms with van der Waals surface area (Å²) in [6.07, 6.45) is 1.53. The zero-order valence-corrected chi connectivity index (χ0v) is 17.0. The molecule has 1 aromatic carbocycles. The molecule has 148 valence electrons. The Morgan fingerprint density at radius 1 is 1.11 bits per heavy atom. The number of benzene rings is 1. The van der Waals surface area contributed by atoms with Gasteiger partial charge in [0.1, 0.15) is 0 Å². The molecule has 0 saturated carbocycles. The first-order valence-electron chi connectivity index (χ1n) is 9.97. The summed E-state index contributed by atoms with van der Waals surface area (Å²) in [5.74, 6) is 0.255. The zero-order valence-electron chi connectivity index (χ0n) is 17.0. The number of hydrogen-bond donors (Lipinski definition) is 0. The van der Waals surface area contributed by atoms with Gasteiger partial charge in [-0.25, -0.2) is 0 Å². The maximum absolute atomic E-state index is 13.0. The third kappa shape index (κ3) is 4.50. The van der Waals surface area contributed by atoms with Crippen molar-refractivity contribution < 1.29 is 9.59 Å². The third-order valence-corrected chi connectivity index (χ3v) is 5.69. The Labute approximate surface area is 162 Å². The van der Waals surface area contributed by atoms with Crippen LogP contribution in [0.25, 0.3) is 0 Å². The lowest BCUT2D eigenvalue weighted by Crippen LogP contribution is -2.59. The van der Waals surface area contributed by atoms with Gasteiger partial charge in [-0.05, 0) is 58.6 Å². The fraction of sp³-hybridized carbons (Fsp3) is 0.619. The van der Waals surface area contributed by atoms with Crippen molar-refractivity contribution in [2.24, 2.45) is 0 Å². The van der Waals surface area contributed by atoms with Crippen molar-refractivity contribution in [3.05, 3.63) is 29.8 Å². The highest BCUT2D eigenvalue weighted by atomic mass is 16.2. The van der Waals surface area contributed by atoms with E-state index in [0.717, 1.165) is 44.8 Å². The number of amides is 2. The smallest absolute Gasteiger partial charge is 0.253 e. The molecule has 0 spiro atoms. The molecule has 2 aliphatic heterocycles. The summed E-state index contributed by atoms with van der Waals surface area (Å²) in [5, 5.41) is 0. The second kappa shape index (κ2) is 8.40. The lowest BCUT2D eigenvalue weighted by molar-refractivity contribution is -0.117. The molecule has 6 heteroatoms. The predicted molar refractivity (Wildman–Crippen MR) is 108 cm³/mol. The second-order valence-electron chi connectivity index (χ2n) is 8.15. The molecule has 0 aromatic heterocycles. The van der Waals surface area contributed by atoms with Crippen LogP contribution in [0.5, 0.6) is 0 Å². The fourth-order valence-electron chi connectivity index (χ4n) is 4.17.